The molecule has 8 heteroatoms. The predicted molar refractivity (Wildman–Crippen MR) is 119 cm³/mol. The van der Waals surface area contributed by atoms with Crippen LogP contribution in [-0.4, -0.2) is 30.4 Å². The largest absolute Gasteiger partial charge is 0.457 e. The molecule has 2 aromatic carbocycles. The van der Waals surface area contributed by atoms with Gasteiger partial charge in [-0.2, -0.15) is 0 Å². The highest BCUT2D eigenvalue weighted by Crippen LogP contribution is 2.33. The molecule has 1 aromatic heterocycles. The Kier molecular flexibility index (Phi) is 6.87. The third kappa shape index (κ3) is 5.06. The highest BCUT2D eigenvalue weighted by Gasteiger charge is 2.23. The number of aromatic nitrogens is 1. The number of aryl methyl sites for hydroxylation is 1. The van der Waals surface area contributed by atoms with E-state index in [1.165, 1.54) is 7.05 Å². The summed E-state index contributed by atoms with van der Waals surface area (Å²) >= 11 is 6.30. The van der Waals surface area contributed by atoms with Crippen LogP contribution < -0.4 is 21.1 Å². The van der Waals surface area contributed by atoms with Crippen LogP contribution in [0, 0.1) is 6.92 Å². The molecule has 0 spiro atoms. The summed E-state index contributed by atoms with van der Waals surface area (Å²) in [4.78, 5) is 27.5. The molecule has 3 aromatic rings. The first-order valence-corrected chi connectivity index (χ1v) is 9.88. The number of carbonyl (C=O) groups excluding carboxylic acids is 2. The second-order valence-electron chi connectivity index (χ2n) is 6.77. The topological polar surface area (TPSA) is 106 Å². The number of rotatable bonds is 5. The van der Waals surface area contributed by atoms with E-state index >= 15 is 0 Å². The number of urea groups is 1. The average Bonchev–Trinajstić information content (AvgIpc) is 3.55. The lowest BCUT2D eigenvalue weighted by Crippen LogP contribution is -2.30. The second kappa shape index (κ2) is 9.56. The number of amides is 2. The zero-order chi connectivity index (χ0) is 21.7. The minimum atomic E-state index is -0.269. The van der Waals surface area contributed by atoms with Crippen LogP contribution in [0.5, 0.6) is 11.5 Å². The zero-order valence-electron chi connectivity index (χ0n) is 16.7. The van der Waals surface area contributed by atoms with Crippen LogP contribution in [0.1, 0.15) is 28.8 Å². The monoisotopic (exact) mass is 426 g/mol. The van der Waals surface area contributed by atoms with E-state index in [9.17, 15) is 9.59 Å². The number of nitrogens with zero attached hydrogens (tertiary/aromatic N) is 1. The molecule has 1 aliphatic rings. The number of hydrogen-bond donors (Lipinski definition) is 3. The van der Waals surface area contributed by atoms with Crippen molar-refractivity contribution in [2.24, 2.45) is 5.73 Å². The van der Waals surface area contributed by atoms with Gasteiger partial charge in [0.2, 0.25) is 0 Å². The number of carbonyl (C=O) groups is 2. The van der Waals surface area contributed by atoms with E-state index in [4.69, 9.17) is 16.3 Å². The summed E-state index contributed by atoms with van der Waals surface area (Å²) < 4.78 is 5.98. The Labute approximate surface area is 179 Å². The third-order valence-corrected chi connectivity index (χ3v) is 4.86. The van der Waals surface area contributed by atoms with Gasteiger partial charge in [0, 0.05) is 29.3 Å². The minimum Gasteiger partial charge on any atom is -0.457 e. The van der Waals surface area contributed by atoms with Crippen molar-refractivity contribution < 1.29 is 14.3 Å². The zero-order valence-corrected chi connectivity index (χ0v) is 17.5. The smallest absolute Gasteiger partial charge is 0.319 e. The molecule has 0 radical (unpaired) electrons. The summed E-state index contributed by atoms with van der Waals surface area (Å²) in [5.74, 6) is 1.08. The molecule has 7 nitrogen and oxygen atoms in total. The van der Waals surface area contributed by atoms with Gasteiger partial charge in [-0.25, -0.2) is 4.79 Å². The predicted octanol–water partition coefficient (Wildman–Crippen LogP) is 4.66. The summed E-state index contributed by atoms with van der Waals surface area (Å²) in [6.45, 7) is 1.86. The number of nitrogens with one attached hydrogen (secondary N) is 2. The molecule has 1 saturated carbocycles. The molecule has 0 bridgehead atoms. The first kappa shape index (κ1) is 21.5. The molecule has 4 N–H and O–H groups in total. The van der Waals surface area contributed by atoms with Gasteiger partial charge >= 0.3 is 6.03 Å². The van der Waals surface area contributed by atoms with Gasteiger partial charge in [-0.1, -0.05) is 11.6 Å². The third-order valence-electron chi connectivity index (χ3n) is 4.55. The number of aldehydes is 1. The van der Waals surface area contributed by atoms with E-state index in [0.717, 1.165) is 35.6 Å². The molecule has 1 aliphatic carbocycles. The van der Waals surface area contributed by atoms with E-state index in [-0.39, 0.29) is 12.1 Å². The Bertz CT molecular complexity index is 1080. The SMILES string of the molecule is CN.Cc1cc2nccc(Oc3ccc(NC(=O)NC4CC4)c(Cl)c3)c2cc1C=O. The van der Waals surface area contributed by atoms with Gasteiger partial charge in [-0.05, 0) is 62.7 Å². The van der Waals surface area contributed by atoms with Gasteiger partial charge in [0.05, 0.1) is 16.2 Å². The Morgan fingerprint density at radius 1 is 1.23 bits per heavy atom. The van der Waals surface area contributed by atoms with Crippen LogP contribution in [0.25, 0.3) is 10.9 Å². The molecule has 1 fully saturated rings. The van der Waals surface area contributed by atoms with Crippen molar-refractivity contribution in [3.05, 3.63) is 58.7 Å². The number of nitrogens with two attached hydrogens (primary N) is 1. The van der Waals surface area contributed by atoms with Crippen LogP contribution >= 0.6 is 11.6 Å². The molecule has 1 heterocycles. The molecule has 0 unspecified atom stereocenters. The van der Waals surface area contributed by atoms with Crippen molar-refractivity contribution >= 4 is 40.5 Å². The Balaban J connectivity index is 0.00000124. The summed E-state index contributed by atoms with van der Waals surface area (Å²) in [7, 11) is 1.50. The number of fused-ring (bicyclic) bond motifs is 1. The Hall–Kier alpha value is -3.16. The molecular weight excluding hydrogens is 404 g/mol. The minimum absolute atomic E-state index is 0.265. The fourth-order valence-electron chi connectivity index (χ4n) is 2.86. The maximum atomic E-state index is 11.9. The first-order chi connectivity index (χ1) is 14.5. The number of benzene rings is 2. The van der Waals surface area contributed by atoms with Gasteiger partial charge in [0.25, 0.3) is 0 Å². The number of hydrogen-bond acceptors (Lipinski definition) is 5. The van der Waals surface area contributed by atoms with E-state index in [0.29, 0.717) is 27.8 Å². The van der Waals surface area contributed by atoms with E-state index in [1.807, 2.05) is 13.0 Å². The molecular formula is C22H23ClN4O3. The molecule has 4 rings (SSSR count). The van der Waals surface area contributed by atoms with Crippen molar-refractivity contribution in [1.82, 2.24) is 10.3 Å². The molecule has 0 aliphatic heterocycles. The lowest BCUT2D eigenvalue weighted by Gasteiger charge is -2.12. The van der Waals surface area contributed by atoms with Crippen molar-refractivity contribution in [3.8, 4) is 11.5 Å². The maximum absolute atomic E-state index is 11.9. The van der Waals surface area contributed by atoms with Gasteiger partial charge in [0.15, 0.2) is 0 Å². The van der Waals surface area contributed by atoms with Crippen LogP contribution in [0.15, 0.2) is 42.6 Å². The number of anilines is 1. The average molecular weight is 427 g/mol. The van der Waals surface area contributed by atoms with Crippen molar-refractivity contribution in [2.45, 2.75) is 25.8 Å². The highest BCUT2D eigenvalue weighted by atomic mass is 35.5. The van der Waals surface area contributed by atoms with Crippen LogP contribution in [0.2, 0.25) is 5.02 Å². The van der Waals surface area contributed by atoms with E-state index < -0.39 is 0 Å². The number of halogens is 1. The Morgan fingerprint density at radius 2 is 2.00 bits per heavy atom. The summed E-state index contributed by atoms with van der Waals surface area (Å²) in [6, 6.07) is 10.4. The quantitative estimate of drug-likeness (QED) is 0.514. The van der Waals surface area contributed by atoms with Gasteiger partial charge < -0.3 is 21.1 Å². The fraction of sp³-hybridized carbons (Fsp3) is 0.227. The Morgan fingerprint density at radius 3 is 2.67 bits per heavy atom. The molecule has 0 atom stereocenters. The summed E-state index contributed by atoms with van der Waals surface area (Å²) in [5, 5.41) is 6.68. The maximum Gasteiger partial charge on any atom is 0.319 e. The lowest BCUT2D eigenvalue weighted by molar-refractivity contribution is 0.112. The number of ether oxygens (including phenoxy) is 1. The van der Waals surface area contributed by atoms with Crippen LogP contribution in [0.4, 0.5) is 10.5 Å². The van der Waals surface area contributed by atoms with Gasteiger partial charge in [-0.3, -0.25) is 9.78 Å². The molecule has 2 amide bonds. The summed E-state index contributed by atoms with van der Waals surface area (Å²) in [5.41, 5.74) is 7.19. The van der Waals surface area contributed by atoms with Gasteiger partial charge in [-0.15, -0.1) is 0 Å². The van der Waals surface area contributed by atoms with Crippen molar-refractivity contribution in [1.29, 1.82) is 0 Å². The van der Waals surface area contributed by atoms with E-state index in [2.05, 4.69) is 21.4 Å². The van der Waals surface area contributed by atoms with Crippen molar-refractivity contribution in [3.63, 3.8) is 0 Å². The molecule has 156 valence electrons. The van der Waals surface area contributed by atoms with Crippen LogP contribution in [0.3, 0.4) is 0 Å². The lowest BCUT2D eigenvalue weighted by atomic mass is 10.1. The first-order valence-electron chi connectivity index (χ1n) is 9.50. The normalized spacial score (nSPS) is 12.5. The fourth-order valence-corrected chi connectivity index (χ4v) is 3.08. The van der Waals surface area contributed by atoms with Crippen molar-refractivity contribution in [2.75, 3.05) is 12.4 Å². The van der Waals surface area contributed by atoms with E-state index in [1.54, 1.807) is 36.5 Å². The standard InChI is InChI=1S/C21H18ClN3O3.CH5N/c1-12-8-19-16(9-13(12)11-26)20(6-7-23-19)28-15-4-5-18(17(22)10-15)25-21(27)24-14-2-3-14;1-2/h4-11,14H,2-3H2,1H3,(H2,24,25,27);2H2,1H3. The summed E-state index contributed by atoms with van der Waals surface area (Å²) in [6.07, 6.45) is 4.49. The molecule has 0 saturated heterocycles. The number of pyridine rings is 1. The van der Waals surface area contributed by atoms with Crippen LogP contribution in [-0.2, 0) is 0 Å². The highest BCUT2D eigenvalue weighted by molar-refractivity contribution is 6.33. The van der Waals surface area contributed by atoms with Gasteiger partial charge in [0.1, 0.15) is 17.8 Å². The second-order valence-corrected chi connectivity index (χ2v) is 7.18. The molecule has 30 heavy (non-hydrogen) atoms.